The number of anilines is 1. The first kappa shape index (κ1) is 14.6. The van der Waals surface area contributed by atoms with Crippen LogP contribution in [0.5, 0.6) is 0 Å². The van der Waals surface area contributed by atoms with Crippen LogP contribution in [0, 0.1) is 0 Å². The number of halogens is 1. The van der Waals surface area contributed by atoms with E-state index in [1.165, 1.54) is 11.3 Å². The Labute approximate surface area is 144 Å². The highest BCUT2D eigenvalue weighted by Crippen LogP contribution is 2.21. The monoisotopic (exact) mass is 392 g/mol. The van der Waals surface area contributed by atoms with Crippen LogP contribution in [0.4, 0.5) is 5.82 Å². The first-order valence-electron chi connectivity index (χ1n) is 7.16. The Kier molecular flexibility index (Phi) is 3.74. The Morgan fingerprint density at radius 3 is 3.17 bits per heavy atom. The predicted molar refractivity (Wildman–Crippen MR) is 90.9 cm³/mol. The van der Waals surface area contributed by atoms with Gasteiger partial charge in [0.25, 0.3) is 5.91 Å². The van der Waals surface area contributed by atoms with Gasteiger partial charge >= 0.3 is 0 Å². The zero-order chi connectivity index (χ0) is 15.8. The summed E-state index contributed by atoms with van der Waals surface area (Å²) in [6.07, 6.45) is 2.49. The molecule has 4 heterocycles. The van der Waals surface area contributed by atoms with Crippen molar-refractivity contribution in [2.24, 2.45) is 0 Å². The minimum atomic E-state index is -0.0187. The van der Waals surface area contributed by atoms with Gasteiger partial charge in [-0.1, -0.05) is 0 Å². The van der Waals surface area contributed by atoms with Gasteiger partial charge in [0.05, 0.1) is 4.88 Å². The van der Waals surface area contributed by atoms with Crippen LogP contribution < -0.4 is 10.2 Å². The maximum absolute atomic E-state index is 12.2. The molecule has 0 spiro atoms. The summed E-state index contributed by atoms with van der Waals surface area (Å²) in [6.45, 7) is 1.61. The summed E-state index contributed by atoms with van der Waals surface area (Å²) in [5.74, 6) is 0.850. The molecule has 3 aromatic rings. The van der Waals surface area contributed by atoms with Crippen molar-refractivity contribution in [1.82, 2.24) is 25.1 Å². The van der Waals surface area contributed by atoms with Crippen LogP contribution in [-0.4, -0.2) is 44.8 Å². The molecular formula is C14H13BrN6OS. The van der Waals surface area contributed by atoms with E-state index in [0.29, 0.717) is 0 Å². The van der Waals surface area contributed by atoms with E-state index >= 15 is 0 Å². The Morgan fingerprint density at radius 1 is 1.43 bits per heavy atom. The van der Waals surface area contributed by atoms with Gasteiger partial charge in [-0.05, 0) is 40.5 Å². The Balaban J connectivity index is 1.43. The molecule has 7 nitrogen and oxygen atoms in total. The fourth-order valence-electron chi connectivity index (χ4n) is 2.66. The second-order valence-electron chi connectivity index (χ2n) is 5.36. The molecule has 0 aromatic carbocycles. The third kappa shape index (κ3) is 2.93. The molecular weight excluding hydrogens is 380 g/mol. The van der Waals surface area contributed by atoms with Gasteiger partial charge in [0, 0.05) is 29.0 Å². The Morgan fingerprint density at radius 2 is 2.35 bits per heavy atom. The first-order chi connectivity index (χ1) is 11.2. The molecule has 0 radical (unpaired) electrons. The summed E-state index contributed by atoms with van der Waals surface area (Å²) in [5.41, 5.74) is 0.723. The van der Waals surface area contributed by atoms with Crippen LogP contribution in [-0.2, 0) is 0 Å². The number of hydrogen-bond donors (Lipinski definition) is 1. The maximum atomic E-state index is 12.2. The molecule has 1 saturated heterocycles. The van der Waals surface area contributed by atoms with Gasteiger partial charge in [-0.15, -0.1) is 26.6 Å². The lowest BCUT2D eigenvalue weighted by Crippen LogP contribution is -2.36. The standard InChI is InChI=1S/C14H13BrN6OS/c15-9-5-11(23-7-9)14(22)17-10-3-4-20(6-10)13-2-1-12-18-16-8-21(12)19-13/h1-2,5,7-8,10H,3-4,6H2,(H,17,22)/t10-/m0/s1. The normalized spacial score (nSPS) is 17.8. The summed E-state index contributed by atoms with van der Waals surface area (Å²) in [4.78, 5) is 15.1. The van der Waals surface area contributed by atoms with Crippen molar-refractivity contribution < 1.29 is 4.79 Å². The molecule has 1 aliphatic heterocycles. The van der Waals surface area contributed by atoms with Crippen molar-refractivity contribution in [2.45, 2.75) is 12.5 Å². The van der Waals surface area contributed by atoms with Gasteiger partial charge in [0.15, 0.2) is 5.65 Å². The zero-order valence-electron chi connectivity index (χ0n) is 12.0. The van der Waals surface area contributed by atoms with Gasteiger partial charge < -0.3 is 10.2 Å². The average molecular weight is 393 g/mol. The highest BCUT2D eigenvalue weighted by Gasteiger charge is 2.25. The molecule has 3 aromatic heterocycles. The molecule has 1 amide bonds. The topological polar surface area (TPSA) is 75.4 Å². The van der Waals surface area contributed by atoms with E-state index in [9.17, 15) is 4.79 Å². The summed E-state index contributed by atoms with van der Waals surface area (Å²) in [6, 6.07) is 5.80. The second kappa shape index (κ2) is 5.89. The van der Waals surface area contributed by atoms with E-state index < -0.39 is 0 Å². The number of carbonyl (C=O) groups excluding carboxylic acids is 1. The summed E-state index contributed by atoms with van der Waals surface area (Å²) in [5, 5.41) is 17.3. The molecule has 0 saturated carbocycles. The van der Waals surface area contributed by atoms with Crippen molar-refractivity contribution >= 4 is 44.6 Å². The molecule has 4 rings (SSSR count). The van der Waals surface area contributed by atoms with E-state index in [1.54, 1.807) is 10.8 Å². The van der Waals surface area contributed by atoms with Crippen LogP contribution in [0.1, 0.15) is 16.1 Å². The molecule has 1 aliphatic rings. The van der Waals surface area contributed by atoms with Crippen LogP contribution in [0.2, 0.25) is 0 Å². The van der Waals surface area contributed by atoms with E-state index in [4.69, 9.17) is 0 Å². The van der Waals surface area contributed by atoms with Crippen molar-refractivity contribution in [1.29, 1.82) is 0 Å². The highest BCUT2D eigenvalue weighted by molar-refractivity contribution is 9.10. The van der Waals surface area contributed by atoms with E-state index in [0.717, 1.165) is 40.3 Å². The quantitative estimate of drug-likeness (QED) is 0.737. The van der Waals surface area contributed by atoms with Crippen LogP contribution in [0.15, 0.2) is 34.4 Å². The highest BCUT2D eigenvalue weighted by atomic mass is 79.9. The van der Waals surface area contributed by atoms with Gasteiger partial charge in [-0.25, -0.2) is 0 Å². The smallest absolute Gasteiger partial charge is 0.261 e. The van der Waals surface area contributed by atoms with Gasteiger partial charge in [-0.2, -0.15) is 4.52 Å². The lowest BCUT2D eigenvalue weighted by atomic mass is 10.2. The Bertz CT molecular complexity index is 862. The number of nitrogens with zero attached hydrogens (tertiary/aromatic N) is 5. The fourth-order valence-corrected chi connectivity index (χ4v) is 3.99. The first-order valence-corrected chi connectivity index (χ1v) is 8.83. The predicted octanol–water partition coefficient (Wildman–Crippen LogP) is 1.96. The van der Waals surface area contributed by atoms with Crippen molar-refractivity contribution in [3.05, 3.63) is 39.3 Å². The summed E-state index contributed by atoms with van der Waals surface area (Å²) in [7, 11) is 0. The molecule has 23 heavy (non-hydrogen) atoms. The number of nitrogens with one attached hydrogen (secondary N) is 1. The molecule has 1 atom stereocenters. The van der Waals surface area contributed by atoms with E-state index in [1.807, 2.05) is 23.6 Å². The van der Waals surface area contributed by atoms with Crippen molar-refractivity contribution in [3.8, 4) is 0 Å². The number of hydrogen-bond acceptors (Lipinski definition) is 6. The number of fused-ring (bicyclic) bond motifs is 1. The lowest BCUT2D eigenvalue weighted by molar-refractivity contribution is 0.0944. The van der Waals surface area contributed by atoms with Crippen molar-refractivity contribution in [3.63, 3.8) is 0 Å². The third-order valence-electron chi connectivity index (χ3n) is 3.79. The SMILES string of the molecule is O=C(N[C@H]1CCN(c2ccc3nncn3n2)C1)c1cc(Br)cs1. The van der Waals surface area contributed by atoms with E-state index in [-0.39, 0.29) is 11.9 Å². The fraction of sp³-hybridized carbons (Fsp3) is 0.286. The van der Waals surface area contributed by atoms with Gasteiger partial charge in [0.1, 0.15) is 12.1 Å². The number of amides is 1. The Hall–Kier alpha value is -2.00. The zero-order valence-corrected chi connectivity index (χ0v) is 14.4. The maximum Gasteiger partial charge on any atom is 0.261 e. The molecule has 1 N–H and O–H groups in total. The minimum absolute atomic E-state index is 0.0187. The molecule has 0 unspecified atom stereocenters. The number of aromatic nitrogens is 4. The summed E-state index contributed by atoms with van der Waals surface area (Å²) < 4.78 is 2.59. The number of rotatable bonds is 3. The molecule has 0 aliphatic carbocycles. The minimum Gasteiger partial charge on any atom is -0.353 e. The summed E-state index contributed by atoms with van der Waals surface area (Å²) >= 11 is 4.81. The second-order valence-corrected chi connectivity index (χ2v) is 7.19. The number of carbonyl (C=O) groups is 1. The number of thiophene rings is 1. The third-order valence-corrected chi connectivity index (χ3v) is 5.48. The molecule has 1 fully saturated rings. The van der Waals surface area contributed by atoms with Gasteiger partial charge in [0.2, 0.25) is 0 Å². The van der Waals surface area contributed by atoms with Crippen LogP contribution in [0.3, 0.4) is 0 Å². The van der Waals surface area contributed by atoms with Crippen LogP contribution >= 0.6 is 27.3 Å². The van der Waals surface area contributed by atoms with Gasteiger partial charge in [-0.3, -0.25) is 4.79 Å². The lowest BCUT2D eigenvalue weighted by Gasteiger charge is -2.17. The molecule has 9 heteroatoms. The average Bonchev–Trinajstić information content (AvgIpc) is 3.26. The molecule has 118 valence electrons. The van der Waals surface area contributed by atoms with E-state index in [2.05, 4.69) is 41.4 Å². The molecule has 0 bridgehead atoms. The van der Waals surface area contributed by atoms with Crippen molar-refractivity contribution in [2.75, 3.05) is 18.0 Å². The van der Waals surface area contributed by atoms with Crippen LogP contribution in [0.25, 0.3) is 5.65 Å². The largest absolute Gasteiger partial charge is 0.353 e.